The first-order valence-electron chi connectivity index (χ1n) is 10.4. The first-order chi connectivity index (χ1) is 15.5. The summed E-state index contributed by atoms with van der Waals surface area (Å²) in [7, 11) is 0. The van der Waals surface area contributed by atoms with E-state index < -0.39 is 105 Å². The number of rotatable bonds is 6. The Bertz CT molecular complexity index is 624. The van der Waals surface area contributed by atoms with E-state index in [0.717, 1.165) is 0 Å². The van der Waals surface area contributed by atoms with Crippen LogP contribution in [0.4, 0.5) is 0 Å². The van der Waals surface area contributed by atoms with E-state index in [9.17, 15) is 51.1 Å². The van der Waals surface area contributed by atoms with Gasteiger partial charge in [-0.2, -0.15) is 0 Å². The Hall–Kier alpha value is -0.600. The third-order valence-electron chi connectivity index (χ3n) is 6.03. The maximum absolute atomic E-state index is 10.6. The van der Waals surface area contributed by atoms with E-state index in [0.29, 0.717) is 0 Å². The highest BCUT2D eigenvalue weighted by Crippen LogP contribution is 2.29. The predicted molar refractivity (Wildman–Crippen MR) is 99.8 cm³/mol. The van der Waals surface area contributed by atoms with Crippen LogP contribution in [0, 0.1) is 0 Å². The van der Waals surface area contributed by atoms with Gasteiger partial charge in [0, 0.05) is 0 Å². The molecule has 3 heterocycles. The normalized spacial score (nSPS) is 53.7. The molecule has 0 amide bonds. The fourth-order valence-electron chi connectivity index (χ4n) is 3.89. The Morgan fingerprint density at radius 1 is 0.606 bits per heavy atom. The standard InChI is InChI=1S/C18H32O15/c1-4-7(20)10(23)13(26)18(30-4)33-15-9(22)6(31-16(28)14(15)27)3-29-17-12(25)11(24)8(21)5(2-19)32-17/h4-28H,2-3H2,1H3/t4-,5-,6+,7-,8-,9-,10+,11+,12-,13+,14+,15-,16-,17+,18-/m0/s1. The molecule has 33 heavy (non-hydrogen) atoms. The van der Waals surface area contributed by atoms with Gasteiger partial charge in [0.15, 0.2) is 18.9 Å². The lowest BCUT2D eigenvalue weighted by Gasteiger charge is -2.45. The first kappa shape index (κ1) is 27.0. The number of hydrogen-bond acceptors (Lipinski definition) is 15. The Labute approximate surface area is 187 Å². The van der Waals surface area contributed by atoms with Crippen molar-refractivity contribution >= 4 is 0 Å². The molecule has 3 fully saturated rings. The number of ether oxygens (including phenoxy) is 5. The second-order valence-electron chi connectivity index (χ2n) is 8.36. The van der Waals surface area contributed by atoms with Gasteiger partial charge in [0.2, 0.25) is 0 Å². The minimum atomic E-state index is -1.88. The summed E-state index contributed by atoms with van der Waals surface area (Å²) in [6, 6.07) is 0. The van der Waals surface area contributed by atoms with E-state index in [1.165, 1.54) is 6.92 Å². The largest absolute Gasteiger partial charge is 0.394 e. The van der Waals surface area contributed by atoms with E-state index in [2.05, 4.69) is 0 Å². The third kappa shape index (κ3) is 5.48. The molecule has 194 valence electrons. The van der Waals surface area contributed by atoms with Crippen LogP contribution in [0.2, 0.25) is 0 Å². The molecule has 0 bridgehead atoms. The maximum Gasteiger partial charge on any atom is 0.187 e. The van der Waals surface area contributed by atoms with Gasteiger partial charge in [0.1, 0.15) is 67.1 Å². The second kappa shape index (κ2) is 11.0. The minimum absolute atomic E-state index is 0.570. The molecule has 0 saturated carbocycles. The SMILES string of the molecule is C[C@@H]1O[C@@H](O[C@@H]2[C@@H](O)[C@@H](O)O[C@H](CO[C@@H]3O[C@@H](CO)[C@H](O)[C@@H](O)[C@@H]3O)[C@@H]2O)[C@H](O)[C@H](O)[C@H]1O. The summed E-state index contributed by atoms with van der Waals surface area (Å²) in [5.41, 5.74) is 0. The van der Waals surface area contributed by atoms with Gasteiger partial charge in [-0.1, -0.05) is 0 Å². The van der Waals surface area contributed by atoms with Crippen molar-refractivity contribution in [1.82, 2.24) is 0 Å². The highest BCUT2D eigenvalue weighted by molar-refractivity contribution is 4.94. The Morgan fingerprint density at radius 3 is 1.85 bits per heavy atom. The van der Waals surface area contributed by atoms with Gasteiger partial charge >= 0.3 is 0 Å². The van der Waals surface area contributed by atoms with Crippen LogP contribution in [-0.2, 0) is 23.7 Å². The van der Waals surface area contributed by atoms with Gasteiger partial charge in [-0.25, -0.2) is 0 Å². The van der Waals surface area contributed by atoms with Crippen LogP contribution < -0.4 is 0 Å². The monoisotopic (exact) mass is 488 g/mol. The van der Waals surface area contributed by atoms with Gasteiger partial charge in [0.05, 0.1) is 19.3 Å². The van der Waals surface area contributed by atoms with Gasteiger partial charge < -0.3 is 74.7 Å². The van der Waals surface area contributed by atoms with Gasteiger partial charge in [-0.05, 0) is 6.92 Å². The van der Waals surface area contributed by atoms with E-state index in [4.69, 9.17) is 23.7 Å². The van der Waals surface area contributed by atoms with E-state index in [1.807, 2.05) is 0 Å². The molecule has 0 unspecified atom stereocenters. The summed E-state index contributed by atoms with van der Waals surface area (Å²) >= 11 is 0. The Morgan fingerprint density at radius 2 is 1.21 bits per heavy atom. The van der Waals surface area contributed by atoms with Crippen LogP contribution in [0.5, 0.6) is 0 Å². The Balaban J connectivity index is 1.64. The molecule has 10 N–H and O–H groups in total. The highest BCUT2D eigenvalue weighted by atomic mass is 16.7. The summed E-state index contributed by atoms with van der Waals surface area (Å²) in [6.45, 7) is 0.148. The number of aliphatic hydroxyl groups is 10. The molecule has 3 rings (SSSR count). The van der Waals surface area contributed by atoms with Crippen molar-refractivity contribution in [2.24, 2.45) is 0 Å². The average molecular weight is 488 g/mol. The number of aliphatic hydroxyl groups excluding tert-OH is 10. The lowest BCUT2D eigenvalue weighted by molar-refractivity contribution is -0.359. The molecule has 0 aromatic heterocycles. The van der Waals surface area contributed by atoms with Crippen molar-refractivity contribution in [3.8, 4) is 0 Å². The minimum Gasteiger partial charge on any atom is -0.394 e. The molecule has 0 aromatic rings. The highest BCUT2D eigenvalue weighted by Gasteiger charge is 2.50. The summed E-state index contributed by atoms with van der Waals surface area (Å²) < 4.78 is 26.3. The summed E-state index contributed by atoms with van der Waals surface area (Å²) in [4.78, 5) is 0. The van der Waals surface area contributed by atoms with Gasteiger partial charge in [-0.3, -0.25) is 0 Å². The van der Waals surface area contributed by atoms with Crippen molar-refractivity contribution in [2.45, 2.75) is 99.0 Å². The van der Waals surface area contributed by atoms with E-state index in [-0.39, 0.29) is 0 Å². The molecule has 15 heteroatoms. The zero-order valence-corrected chi connectivity index (χ0v) is 17.6. The summed E-state index contributed by atoms with van der Waals surface area (Å²) in [5.74, 6) is 0. The lowest BCUT2D eigenvalue weighted by Crippen LogP contribution is -2.64. The van der Waals surface area contributed by atoms with Crippen LogP contribution >= 0.6 is 0 Å². The van der Waals surface area contributed by atoms with Crippen LogP contribution in [0.15, 0.2) is 0 Å². The van der Waals surface area contributed by atoms with Crippen molar-refractivity contribution in [2.75, 3.05) is 13.2 Å². The fourth-order valence-corrected chi connectivity index (χ4v) is 3.89. The molecule has 0 aliphatic carbocycles. The zero-order chi connectivity index (χ0) is 24.6. The molecular weight excluding hydrogens is 456 g/mol. The Kier molecular flexibility index (Phi) is 8.99. The first-order valence-corrected chi connectivity index (χ1v) is 10.4. The molecule has 15 atom stereocenters. The van der Waals surface area contributed by atoms with E-state index >= 15 is 0 Å². The van der Waals surface area contributed by atoms with Gasteiger partial charge in [0.25, 0.3) is 0 Å². The predicted octanol–water partition coefficient (Wildman–Crippen LogP) is -6.55. The number of hydrogen-bond donors (Lipinski definition) is 10. The molecule has 3 aliphatic rings. The third-order valence-corrected chi connectivity index (χ3v) is 6.03. The summed E-state index contributed by atoms with van der Waals surface area (Å²) in [6.07, 6.45) is -23.5. The lowest BCUT2D eigenvalue weighted by atomic mass is 9.97. The van der Waals surface area contributed by atoms with Crippen LogP contribution in [0.1, 0.15) is 6.92 Å². The van der Waals surface area contributed by atoms with Gasteiger partial charge in [-0.15, -0.1) is 0 Å². The maximum atomic E-state index is 10.6. The molecule has 3 saturated heterocycles. The molecule has 0 radical (unpaired) electrons. The fraction of sp³-hybridized carbons (Fsp3) is 1.00. The van der Waals surface area contributed by atoms with Crippen LogP contribution in [-0.4, -0.2) is 156 Å². The molecule has 0 spiro atoms. The van der Waals surface area contributed by atoms with Crippen LogP contribution in [0.3, 0.4) is 0 Å². The summed E-state index contributed by atoms with van der Waals surface area (Å²) in [5, 5.41) is 99.5. The topological polar surface area (TPSA) is 248 Å². The second-order valence-corrected chi connectivity index (χ2v) is 8.36. The molecule has 3 aliphatic heterocycles. The van der Waals surface area contributed by atoms with E-state index in [1.54, 1.807) is 0 Å². The van der Waals surface area contributed by atoms with Crippen molar-refractivity contribution in [3.05, 3.63) is 0 Å². The van der Waals surface area contributed by atoms with Crippen molar-refractivity contribution < 1.29 is 74.7 Å². The molecule has 0 aromatic carbocycles. The molecule has 15 nitrogen and oxygen atoms in total. The van der Waals surface area contributed by atoms with Crippen molar-refractivity contribution in [3.63, 3.8) is 0 Å². The van der Waals surface area contributed by atoms with Crippen LogP contribution in [0.25, 0.3) is 0 Å². The zero-order valence-electron chi connectivity index (χ0n) is 17.6. The van der Waals surface area contributed by atoms with Crippen molar-refractivity contribution in [1.29, 1.82) is 0 Å². The average Bonchev–Trinajstić information content (AvgIpc) is 2.79. The molecular formula is C18H32O15. The quantitative estimate of drug-likeness (QED) is 0.167. The smallest absolute Gasteiger partial charge is 0.187 e.